The molecule has 156 valence electrons. The van der Waals surface area contributed by atoms with Crippen molar-refractivity contribution in [1.29, 1.82) is 0 Å². The lowest BCUT2D eigenvalue weighted by molar-refractivity contribution is 0.0726. The van der Waals surface area contributed by atoms with Crippen LogP contribution in [0.4, 0.5) is 4.39 Å². The van der Waals surface area contributed by atoms with E-state index in [2.05, 4.69) is 0 Å². The first-order valence-electron chi connectivity index (χ1n) is 9.73. The van der Waals surface area contributed by atoms with Crippen molar-refractivity contribution >= 4 is 16.9 Å². The van der Waals surface area contributed by atoms with Gasteiger partial charge in [-0.15, -0.1) is 0 Å². The third-order valence-electron chi connectivity index (χ3n) is 4.96. The van der Waals surface area contributed by atoms with Crippen molar-refractivity contribution in [3.05, 3.63) is 112 Å². The second kappa shape index (κ2) is 8.83. The largest absolute Gasteiger partial charge is 0.493 e. The van der Waals surface area contributed by atoms with Crippen LogP contribution in [0.5, 0.6) is 5.75 Å². The zero-order chi connectivity index (χ0) is 21.8. The molecule has 6 heteroatoms. The Labute approximate surface area is 178 Å². The van der Waals surface area contributed by atoms with E-state index in [1.807, 2.05) is 30.3 Å². The Morgan fingerprint density at radius 3 is 2.29 bits per heavy atom. The fraction of sp³-hybridized carbons (Fsp3) is 0.120. The molecule has 1 amide bonds. The third kappa shape index (κ3) is 4.48. The van der Waals surface area contributed by atoms with Crippen LogP contribution in [0.15, 0.2) is 88.1 Å². The Balaban J connectivity index is 1.73. The molecule has 0 bridgehead atoms. The first-order valence-corrected chi connectivity index (χ1v) is 9.73. The maximum Gasteiger partial charge on any atom is 0.349 e. The first kappa shape index (κ1) is 20.3. The van der Waals surface area contributed by atoms with Crippen LogP contribution >= 0.6 is 0 Å². The number of halogens is 1. The molecule has 0 aliphatic heterocycles. The number of ether oxygens (including phenoxy) is 1. The summed E-state index contributed by atoms with van der Waals surface area (Å²) in [5, 5.41) is 0.587. The normalized spacial score (nSPS) is 10.8. The fourth-order valence-electron chi connectivity index (χ4n) is 3.41. The van der Waals surface area contributed by atoms with E-state index in [1.165, 1.54) is 25.3 Å². The smallest absolute Gasteiger partial charge is 0.349 e. The van der Waals surface area contributed by atoms with Crippen LogP contribution in [-0.4, -0.2) is 17.9 Å². The molecule has 0 saturated carbocycles. The zero-order valence-electron chi connectivity index (χ0n) is 16.9. The third-order valence-corrected chi connectivity index (χ3v) is 4.96. The van der Waals surface area contributed by atoms with Gasteiger partial charge in [-0.1, -0.05) is 54.6 Å². The van der Waals surface area contributed by atoms with E-state index in [-0.39, 0.29) is 24.5 Å². The Hall–Kier alpha value is -3.93. The number of fused-ring (bicyclic) bond motifs is 1. The Morgan fingerprint density at radius 2 is 1.61 bits per heavy atom. The standard InChI is InChI=1S/C25H20FNO4/c1-30-22-9-5-8-19-14-21(25(29)31-23(19)22)24(28)27(15-17-6-3-2-4-7-17)16-18-10-12-20(26)13-11-18/h2-14H,15-16H2,1H3. The number of amides is 1. The minimum absolute atomic E-state index is 0.0706. The molecular formula is C25H20FNO4. The fourth-order valence-corrected chi connectivity index (χ4v) is 3.41. The van der Waals surface area contributed by atoms with Crippen molar-refractivity contribution in [3.63, 3.8) is 0 Å². The molecule has 0 atom stereocenters. The van der Waals surface area contributed by atoms with Crippen molar-refractivity contribution in [2.24, 2.45) is 0 Å². The van der Waals surface area contributed by atoms with Crippen LogP contribution in [0.2, 0.25) is 0 Å². The van der Waals surface area contributed by atoms with E-state index in [4.69, 9.17) is 9.15 Å². The molecule has 3 aromatic carbocycles. The van der Waals surface area contributed by atoms with E-state index in [9.17, 15) is 14.0 Å². The zero-order valence-corrected chi connectivity index (χ0v) is 16.9. The summed E-state index contributed by atoms with van der Waals surface area (Å²) in [7, 11) is 1.48. The predicted molar refractivity (Wildman–Crippen MR) is 115 cm³/mol. The molecule has 0 N–H and O–H groups in total. The van der Waals surface area contributed by atoms with Crippen molar-refractivity contribution in [3.8, 4) is 5.75 Å². The molecule has 0 unspecified atom stereocenters. The maximum absolute atomic E-state index is 13.4. The lowest BCUT2D eigenvalue weighted by Gasteiger charge is -2.23. The Kier molecular flexibility index (Phi) is 5.80. The number of rotatable bonds is 6. The van der Waals surface area contributed by atoms with Crippen LogP contribution in [0.25, 0.3) is 11.0 Å². The summed E-state index contributed by atoms with van der Waals surface area (Å²) in [6.07, 6.45) is 0. The van der Waals surface area contributed by atoms with Crippen molar-refractivity contribution in [1.82, 2.24) is 4.90 Å². The molecular weight excluding hydrogens is 397 g/mol. The highest BCUT2D eigenvalue weighted by Gasteiger charge is 2.22. The van der Waals surface area contributed by atoms with E-state index in [0.717, 1.165) is 11.1 Å². The minimum atomic E-state index is -0.737. The van der Waals surface area contributed by atoms with Crippen LogP contribution in [0, 0.1) is 5.82 Å². The molecule has 5 nitrogen and oxygen atoms in total. The summed E-state index contributed by atoms with van der Waals surface area (Å²) in [5.41, 5.74) is 1.14. The number of benzene rings is 3. The highest BCUT2D eigenvalue weighted by Crippen LogP contribution is 2.25. The molecule has 4 aromatic rings. The van der Waals surface area contributed by atoms with Crippen LogP contribution in [-0.2, 0) is 13.1 Å². The summed E-state index contributed by atoms with van der Waals surface area (Å²) in [5.74, 6) is -0.401. The maximum atomic E-state index is 13.4. The molecule has 0 radical (unpaired) electrons. The molecule has 4 rings (SSSR count). The predicted octanol–water partition coefficient (Wildman–Crippen LogP) is 4.78. The molecule has 0 spiro atoms. The van der Waals surface area contributed by atoms with Gasteiger partial charge in [-0.2, -0.15) is 0 Å². The van der Waals surface area contributed by atoms with Gasteiger partial charge in [0.05, 0.1) is 7.11 Å². The lowest BCUT2D eigenvalue weighted by atomic mass is 10.1. The topological polar surface area (TPSA) is 59.8 Å². The SMILES string of the molecule is COc1cccc2cc(C(=O)N(Cc3ccccc3)Cc3ccc(F)cc3)c(=O)oc12. The van der Waals surface area contributed by atoms with Gasteiger partial charge in [0, 0.05) is 18.5 Å². The van der Waals surface area contributed by atoms with Crippen molar-refractivity contribution in [2.75, 3.05) is 7.11 Å². The van der Waals surface area contributed by atoms with Crippen molar-refractivity contribution < 1.29 is 18.3 Å². The Morgan fingerprint density at radius 1 is 0.935 bits per heavy atom. The number of hydrogen-bond acceptors (Lipinski definition) is 4. The number of carbonyl (C=O) groups is 1. The van der Waals surface area contributed by atoms with Crippen LogP contribution in [0.3, 0.4) is 0 Å². The lowest BCUT2D eigenvalue weighted by Crippen LogP contribution is -2.33. The number of methoxy groups -OCH3 is 1. The van der Waals surface area contributed by atoms with Gasteiger partial charge in [-0.3, -0.25) is 4.79 Å². The summed E-state index contributed by atoms with van der Waals surface area (Å²) < 4.78 is 24.0. The summed E-state index contributed by atoms with van der Waals surface area (Å²) in [6.45, 7) is 0.496. The summed E-state index contributed by atoms with van der Waals surface area (Å²) >= 11 is 0. The number of nitrogens with zero attached hydrogens (tertiary/aromatic N) is 1. The van der Waals surface area contributed by atoms with Crippen LogP contribution in [0.1, 0.15) is 21.5 Å². The van der Waals surface area contributed by atoms with E-state index >= 15 is 0 Å². The van der Waals surface area contributed by atoms with Gasteiger partial charge in [0.15, 0.2) is 11.3 Å². The summed E-state index contributed by atoms with van der Waals surface area (Å²) in [4.78, 5) is 27.6. The number of carbonyl (C=O) groups excluding carboxylic acids is 1. The second-order valence-corrected chi connectivity index (χ2v) is 7.10. The van der Waals surface area contributed by atoms with E-state index in [0.29, 0.717) is 16.7 Å². The highest BCUT2D eigenvalue weighted by molar-refractivity contribution is 5.97. The monoisotopic (exact) mass is 417 g/mol. The second-order valence-electron chi connectivity index (χ2n) is 7.10. The van der Waals surface area contributed by atoms with Gasteiger partial charge in [-0.25, -0.2) is 9.18 Å². The quantitative estimate of drug-likeness (QED) is 0.424. The van der Waals surface area contributed by atoms with Gasteiger partial charge in [0.2, 0.25) is 0 Å². The molecule has 1 aromatic heterocycles. The highest BCUT2D eigenvalue weighted by atomic mass is 19.1. The summed E-state index contributed by atoms with van der Waals surface area (Å²) in [6, 6.07) is 22.1. The minimum Gasteiger partial charge on any atom is -0.493 e. The van der Waals surface area contributed by atoms with Gasteiger partial charge in [0.1, 0.15) is 11.4 Å². The van der Waals surface area contributed by atoms with Gasteiger partial charge >= 0.3 is 5.63 Å². The molecule has 0 aliphatic carbocycles. The molecule has 0 saturated heterocycles. The molecule has 0 aliphatic rings. The van der Waals surface area contributed by atoms with Crippen LogP contribution < -0.4 is 10.4 Å². The molecule has 0 fully saturated rings. The van der Waals surface area contributed by atoms with E-state index in [1.54, 1.807) is 35.2 Å². The number of para-hydroxylation sites is 1. The first-order chi connectivity index (χ1) is 15.0. The Bertz CT molecular complexity index is 1270. The van der Waals surface area contributed by atoms with Gasteiger partial charge in [0.25, 0.3) is 5.91 Å². The molecule has 1 heterocycles. The van der Waals surface area contributed by atoms with Gasteiger partial charge < -0.3 is 14.1 Å². The van der Waals surface area contributed by atoms with Gasteiger partial charge in [-0.05, 0) is 35.4 Å². The average molecular weight is 417 g/mol. The number of hydrogen-bond donors (Lipinski definition) is 0. The van der Waals surface area contributed by atoms with E-state index < -0.39 is 11.5 Å². The molecule has 31 heavy (non-hydrogen) atoms. The van der Waals surface area contributed by atoms with Crippen molar-refractivity contribution in [2.45, 2.75) is 13.1 Å². The average Bonchev–Trinajstić information content (AvgIpc) is 2.79.